The Kier molecular flexibility index (Phi) is 35.1. The lowest BCUT2D eigenvalue weighted by atomic mass is 10.0. The number of esters is 2. The summed E-state index contributed by atoms with van der Waals surface area (Å²) < 4.78 is 11.4. The molecule has 0 heterocycles. The van der Waals surface area contributed by atoms with Crippen LogP contribution in [0.25, 0.3) is 0 Å². The van der Waals surface area contributed by atoms with Gasteiger partial charge in [0.15, 0.2) is 0 Å². The highest BCUT2D eigenvalue weighted by molar-refractivity contribution is 8.13. The van der Waals surface area contributed by atoms with Crippen molar-refractivity contribution in [1.29, 1.82) is 0 Å². The van der Waals surface area contributed by atoms with E-state index in [9.17, 15) is 14.4 Å². The fourth-order valence-electron chi connectivity index (χ4n) is 5.75. The molecule has 0 fully saturated rings. The van der Waals surface area contributed by atoms with Crippen LogP contribution in [0.3, 0.4) is 0 Å². The van der Waals surface area contributed by atoms with E-state index < -0.39 is 0 Å². The van der Waals surface area contributed by atoms with E-state index >= 15 is 0 Å². The van der Waals surface area contributed by atoms with Crippen LogP contribution in [-0.2, 0) is 19.1 Å². The van der Waals surface area contributed by atoms with Gasteiger partial charge < -0.3 is 19.3 Å². The lowest BCUT2D eigenvalue weighted by Gasteiger charge is -2.23. The molecule has 288 valence electrons. The van der Waals surface area contributed by atoms with Crippen LogP contribution in [0.1, 0.15) is 181 Å². The van der Waals surface area contributed by atoms with Crippen LogP contribution < -0.4 is 0 Å². The quantitative estimate of drug-likeness (QED) is 0.0368. The van der Waals surface area contributed by atoms with E-state index in [1.165, 1.54) is 108 Å². The van der Waals surface area contributed by atoms with Crippen molar-refractivity contribution >= 4 is 28.9 Å². The zero-order chi connectivity index (χ0) is 36.2. The molecule has 0 aliphatic heterocycles. The van der Waals surface area contributed by atoms with Crippen molar-refractivity contribution in [3.63, 3.8) is 0 Å². The molecule has 0 rings (SSSR count). The molecule has 1 unspecified atom stereocenters. The molecule has 0 saturated heterocycles. The Bertz CT molecular complexity index is 807. The number of nitrogens with zero attached hydrogens (tertiary/aromatic N) is 2. The molecule has 1 atom stereocenters. The zero-order valence-corrected chi connectivity index (χ0v) is 33.6. The summed E-state index contributed by atoms with van der Waals surface area (Å²) in [7, 11) is 4.01. The largest absolute Gasteiger partial charge is 0.462 e. The van der Waals surface area contributed by atoms with Crippen LogP contribution >= 0.6 is 11.8 Å². The van der Waals surface area contributed by atoms with Crippen molar-refractivity contribution in [2.75, 3.05) is 46.1 Å². The van der Waals surface area contributed by atoms with Gasteiger partial charge in [0.25, 0.3) is 5.24 Å². The van der Waals surface area contributed by atoms with Crippen molar-refractivity contribution in [3.8, 4) is 0 Å². The van der Waals surface area contributed by atoms with Crippen LogP contribution in [0, 0.1) is 0 Å². The van der Waals surface area contributed by atoms with Gasteiger partial charge in [-0.2, -0.15) is 0 Å². The van der Waals surface area contributed by atoms with E-state index in [0.717, 1.165) is 57.9 Å². The summed E-state index contributed by atoms with van der Waals surface area (Å²) in [5.74, 6) is 0.357. The monoisotopic (exact) mass is 711 g/mol. The first-order valence-electron chi connectivity index (χ1n) is 20.4. The summed E-state index contributed by atoms with van der Waals surface area (Å²) in [4.78, 5) is 42.2. The molecule has 0 saturated carbocycles. The van der Waals surface area contributed by atoms with E-state index in [1.807, 2.05) is 25.1 Å². The van der Waals surface area contributed by atoms with Gasteiger partial charge in [0.2, 0.25) is 0 Å². The Labute approximate surface area is 307 Å². The molecule has 7 nitrogen and oxygen atoms in total. The SMILES string of the molecule is CCCCCC/C=C\COC(=O)CCCCCN(CCC(=O)OC(CCCCCCCC)CCCCCCCCC)C(=O)SCCN(C)C. The van der Waals surface area contributed by atoms with Crippen molar-refractivity contribution in [2.24, 2.45) is 0 Å². The first-order chi connectivity index (χ1) is 23.8. The van der Waals surface area contributed by atoms with Crippen LogP contribution in [-0.4, -0.2) is 79.2 Å². The van der Waals surface area contributed by atoms with Crippen molar-refractivity contribution in [2.45, 2.75) is 187 Å². The maximum atomic E-state index is 13.1. The summed E-state index contributed by atoms with van der Waals surface area (Å²) in [6, 6.07) is 0. The Balaban J connectivity index is 4.75. The van der Waals surface area contributed by atoms with Gasteiger partial charge in [-0.05, 0) is 65.5 Å². The van der Waals surface area contributed by atoms with Gasteiger partial charge in [-0.1, -0.05) is 141 Å². The van der Waals surface area contributed by atoms with Crippen molar-refractivity contribution in [3.05, 3.63) is 12.2 Å². The van der Waals surface area contributed by atoms with Crippen LogP contribution in [0.2, 0.25) is 0 Å². The van der Waals surface area contributed by atoms with E-state index in [1.54, 1.807) is 0 Å². The molecule has 1 amide bonds. The minimum Gasteiger partial charge on any atom is -0.462 e. The second-order valence-electron chi connectivity index (χ2n) is 14.0. The molecular weight excluding hydrogens is 633 g/mol. The molecule has 0 aromatic carbocycles. The topological polar surface area (TPSA) is 76.1 Å². The first-order valence-corrected chi connectivity index (χ1v) is 21.4. The van der Waals surface area contributed by atoms with Gasteiger partial charge in [0.05, 0.1) is 6.42 Å². The van der Waals surface area contributed by atoms with Gasteiger partial charge in [0.1, 0.15) is 12.7 Å². The van der Waals surface area contributed by atoms with E-state index in [-0.39, 0.29) is 29.7 Å². The summed E-state index contributed by atoms with van der Waals surface area (Å²) >= 11 is 1.32. The molecule has 0 aromatic rings. The van der Waals surface area contributed by atoms with Gasteiger partial charge in [-0.3, -0.25) is 14.4 Å². The number of hydrogen-bond donors (Lipinski definition) is 0. The number of unbranched alkanes of at least 4 members (excludes halogenated alkanes) is 17. The van der Waals surface area contributed by atoms with Crippen LogP contribution in [0.4, 0.5) is 4.79 Å². The number of amides is 1. The smallest absolute Gasteiger partial charge is 0.307 e. The number of carbonyl (C=O) groups is 3. The fraction of sp³-hybridized carbons (Fsp3) is 0.878. The van der Waals surface area contributed by atoms with Crippen molar-refractivity contribution < 1.29 is 23.9 Å². The lowest BCUT2D eigenvalue weighted by Crippen LogP contribution is -2.32. The molecule has 0 spiro atoms. The van der Waals surface area contributed by atoms with E-state index in [2.05, 4.69) is 31.7 Å². The Morgan fingerprint density at radius 1 is 0.592 bits per heavy atom. The number of allylic oxidation sites excluding steroid dienone is 1. The van der Waals surface area contributed by atoms with E-state index in [4.69, 9.17) is 9.47 Å². The van der Waals surface area contributed by atoms with Gasteiger partial charge in [-0.15, -0.1) is 0 Å². The van der Waals surface area contributed by atoms with Gasteiger partial charge in [0, 0.05) is 31.8 Å². The molecular formula is C41H78N2O5S. The first kappa shape index (κ1) is 47.5. The lowest BCUT2D eigenvalue weighted by molar-refractivity contribution is -0.150. The predicted molar refractivity (Wildman–Crippen MR) is 210 cm³/mol. The highest BCUT2D eigenvalue weighted by atomic mass is 32.2. The zero-order valence-electron chi connectivity index (χ0n) is 32.8. The van der Waals surface area contributed by atoms with Gasteiger partial charge >= 0.3 is 11.9 Å². The Morgan fingerprint density at radius 3 is 1.73 bits per heavy atom. The highest BCUT2D eigenvalue weighted by Gasteiger charge is 2.19. The van der Waals surface area contributed by atoms with Gasteiger partial charge in [-0.25, -0.2) is 0 Å². The third-order valence-electron chi connectivity index (χ3n) is 8.96. The minimum atomic E-state index is -0.187. The summed E-state index contributed by atoms with van der Waals surface area (Å²) in [6.07, 6.45) is 31.0. The Hall–Kier alpha value is -1.54. The molecule has 8 heteroatoms. The fourth-order valence-corrected chi connectivity index (χ4v) is 6.75. The Morgan fingerprint density at radius 2 is 1.14 bits per heavy atom. The molecule has 0 N–H and O–H groups in total. The number of rotatable bonds is 35. The third kappa shape index (κ3) is 33.4. The summed E-state index contributed by atoms with van der Waals surface area (Å²) in [6.45, 7) is 8.82. The molecule has 0 aromatic heterocycles. The highest BCUT2D eigenvalue weighted by Crippen LogP contribution is 2.19. The second kappa shape index (κ2) is 36.3. The predicted octanol–water partition coefficient (Wildman–Crippen LogP) is 11.5. The standard InChI is InChI=1S/C41H78N2O5S/c1-6-9-12-15-18-21-25-30-38(29-24-20-17-14-11-8-3)48-40(45)32-34-43(41(46)49-37-35-42(4)5)33-27-23-26-31-39(44)47-36-28-22-19-16-13-10-7-2/h22,28,38H,6-21,23-27,29-37H2,1-5H3/b28-22-. The maximum absolute atomic E-state index is 13.1. The average Bonchev–Trinajstić information content (AvgIpc) is 3.07. The molecule has 49 heavy (non-hydrogen) atoms. The summed E-state index contributed by atoms with van der Waals surface area (Å²) in [5.41, 5.74) is 0. The molecule has 0 aliphatic rings. The number of hydrogen-bond acceptors (Lipinski definition) is 7. The minimum absolute atomic E-state index is 0.0160. The van der Waals surface area contributed by atoms with Crippen LogP contribution in [0.5, 0.6) is 0 Å². The van der Waals surface area contributed by atoms with Crippen molar-refractivity contribution in [1.82, 2.24) is 9.80 Å². The maximum Gasteiger partial charge on any atom is 0.307 e. The second-order valence-corrected chi connectivity index (χ2v) is 15.1. The average molecular weight is 711 g/mol. The number of thioether (sulfide) groups is 1. The number of ether oxygens (including phenoxy) is 2. The van der Waals surface area contributed by atoms with Crippen LogP contribution in [0.15, 0.2) is 12.2 Å². The third-order valence-corrected chi connectivity index (χ3v) is 9.85. The molecule has 0 radical (unpaired) electrons. The van der Waals surface area contributed by atoms with E-state index in [0.29, 0.717) is 31.9 Å². The summed E-state index contributed by atoms with van der Waals surface area (Å²) in [5, 5.41) is 0.0160. The molecule has 0 bridgehead atoms. The normalized spacial score (nSPS) is 12.1. The molecule has 0 aliphatic carbocycles. The number of carbonyl (C=O) groups excluding carboxylic acids is 3.